The number of aromatic hydroxyl groups is 1. The summed E-state index contributed by atoms with van der Waals surface area (Å²) in [4.78, 5) is 10.6. The van der Waals surface area contributed by atoms with Gasteiger partial charge in [-0.25, -0.2) is 0 Å². The summed E-state index contributed by atoms with van der Waals surface area (Å²) < 4.78 is 0. The van der Waals surface area contributed by atoms with Crippen LogP contribution in [0.15, 0.2) is 30.3 Å². The molecule has 0 heterocycles. The summed E-state index contributed by atoms with van der Waals surface area (Å²) in [6.45, 7) is 5.98. The third kappa shape index (κ3) is 3.31. The van der Waals surface area contributed by atoms with E-state index in [9.17, 15) is 15.2 Å². The molecule has 110 valence electrons. The average molecular weight is 286 g/mol. The lowest BCUT2D eigenvalue weighted by atomic mass is 10.1. The summed E-state index contributed by atoms with van der Waals surface area (Å²) >= 11 is 0. The highest BCUT2D eigenvalue weighted by Crippen LogP contribution is 2.27. The molecule has 0 spiro atoms. The number of phenolic OH excluding ortho intramolecular Hbond substituents is 1. The molecule has 0 aliphatic heterocycles. The molecular weight excluding hydrogens is 268 g/mol. The molecule has 0 saturated carbocycles. The van der Waals surface area contributed by atoms with E-state index in [1.54, 1.807) is 19.1 Å². The van der Waals surface area contributed by atoms with Crippen LogP contribution >= 0.6 is 0 Å². The summed E-state index contributed by atoms with van der Waals surface area (Å²) in [6, 6.07) is 8.70. The van der Waals surface area contributed by atoms with Crippen molar-refractivity contribution in [1.82, 2.24) is 0 Å². The lowest BCUT2D eigenvalue weighted by molar-refractivity contribution is -0.385. The Morgan fingerprint density at radius 1 is 1.14 bits per heavy atom. The van der Waals surface area contributed by atoms with Gasteiger partial charge in [0.1, 0.15) is 5.75 Å². The fourth-order valence-corrected chi connectivity index (χ4v) is 2.27. The molecule has 2 aromatic carbocycles. The molecule has 0 radical (unpaired) electrons. The quantitative estimate of drug-likeness (QED) is 0.661. The molecule has 0 aromatic heterocycles. The van der Waals surface area contributed by atoms with Gasteiger partial charge in [0.25, 0.3) is 5.69 Å². The monoisotopic (exact) mass is 286 g/mol. The average Bonchev–Trinajstić information content (AvgIpc) is 2.41. The second-order valence-electron chi connectivity index (χ2n) is 5.20. The maximum atomic E-state index is 11.0. The van der Waals surface area contributed by atoms with Crippen LogP contribution in [0.2, 0.25) is 0 Å². The highest BCUT2D eigenvalue weighted by molar-refractivity contribution is 5.60. The highest BCUT2D eigenvalue weighted by Gasteiger charge is 2.13. The summed E-state index contributed by atoms with van der Waals surface area (Å²) in [5.74, 6) is 0.215. The van der Waals surface area contributed by atoms with Crippen LogP contribution in [0.25, 0.3) is 0 Å². The van der Waals surface area contributed by atoms with Crippen LogP contribution in [0.5, 0.6) is 5.75 Å². The Bertz CT molecular complexity index is 696. The first-order chi connectivity index (χ1) is 9.88. The number of benzene rings is 2. The van der Waals surface area contributed by atoms with Gasteiger partial charge < -0.3 is 10.4 Å². The van der Waals surface area contributed by atoms with Crippen molar-refractivity contribution in [2.24, 2.45) is 0 Å². The van der Waals surface area contributed by atoms with Gasteiger partial charge in [-0.15, -0.1) is 0 Å². The van der Waals surface area contributed by atoms with Gasteiger partial charge in [0.15, 0.2) is 0 Å². The Balaban J connectivity index is 2.25. The second-order valence-corrected chi connectivity index (χ2v) is 5.20. The number of rotatable bonds is 4. The summed E-state index contributed by atoms with van der Waals surface area (Å²) in [5, 5.41) is 24.0. The van der Waals surface area contributed by atoms with E-state index >= 15 is 0 Å². The van der Waals surface area contributed by atoms with Gasteiger partial charge in [0.05, 0.1) is 4.92 Å². The maximum Gasteiger partial charge on any atom is 0.274 e. The van der Waals surface area contributed by atoms with Crippen LogP contribution in [0.4, 0.5) is 11.4 Å². The molecule has 0 aliphatic carbocycles. The summed E-state index contributed by atoms with van der Waals surface area (Å²) in [6.07, 6.45) is 0. The minimum absolute atomic E-state index is 0.0940. The van der Waals surface area contributed by atoms with E-state index in [4.69, 9.17) is 0 Å². The molecule has 0 bridgehead atoms. The number of anilines is 1. The van der Waals surface area contributed by atoms with E-state index in [2.05, 4.69) is 5.32 Å². The molecule has 21 heavy (non-hydrogen) atoms. The largest absolute Gasteiger partial charge is 0.508 e. The molecule has 2 N–H and O–H groups in total. The Morgan fingerprint density at radius 2 is 1.86 bits per heavy atom. The van der Waals surface area contributed by atoms with Gasteiger partial charge in [-0.1, -0.05) is 17.7 Å². The van der Waals surface area contributed by atoms with E-state index in [0.29, 0.717) is 17.8 Å². The van der Waals surface area contributed by atoms with Gasteiger partial charge in [-0.3, -0.25) is 10.1 Å². The Morgan fingerprint density at radius 3 is 2.52 bits per heavy atom. The first kappa shape index (κ1) is 14.8. The van der Waals surface area contributed by atoms with Crippen LogP contribution in [0, 0.1) is 30.9 Å². The number of aryl methyl sites for hydroxylation is 3. The fraction of sp³-hybridized carbons (Fsp3) is 0.250. The third-order valence-corrected chi connectivity index (χ3v) is 3.44. The van der Waals surface area contributed by atoms with E-state index < -0.39 is 0 Å². The number of nitro groups is 1. The van der Waals surface area contributed by atoms with Crippen molar-refractivity contribution in [3.63, 3.8) is 0 Å². The van der Waals surface area contributed by atoms with Crippen LogP contribution in [0.3, 0.4) is 0 Å². The Labute approximate surface area is 123 Å². The number of hydrogen-bond donors (Lipinski definition) is 2. The van der Waals surface area contributed by atoms with E-state index in [0.717, 1.165) is 16.7 Å². The van der Waals surface area contributed by atoms with Crippen molar-refractivity contribution >= 4 is 11.4 Å². The predicted molar refractivity (Wildman–Crippen MR) is 82.7 cm³/mol. The van der Waals surface area contributed by atoms with E-state index in [1.807, 2.05) is 26.0 Å². The molecule has 0 saturated heterocycles. The van der Waals surface area contributed by atoms with E-state index in [1.165, 1.54) is 6.07 Å². The lowest BCUT2D eigenvalue weighted by Crippen LogP contribution is -2.03. The molecule has 0 aliphatic rings. The van der Waals surface area contributed by atoms with E-state index in [-0.39, 0.29) is 16.4 Å². The third-order valence-electron chi connectivity index (χ3n) is 3.44. The zero-order valence-corrected chi connectivity index (χ0v) is 12.3. The standard InChI is InChI=1S/C16H18N2O3/c1-10-4-5-16(19)13(6-10)9-17-14-8-15(18(20)21)12(3)7-11(14)2/h4-8,17,19H,9H2,1-3H3. The molecule has 0 atom stereocenters. The number of hydrogen-bond acceptors (Lipinski definition) is 4. The molecule has 0 fully saturated rings. The molecule has 0 unspecified atom stereocenters. The zero-order chi connectivity index (χ0) is 15.6. The number of nitrogens with zero attached hydrogens (tertiary/aromatic N) is 1. The SMILES string of the molecule is Cc1ccc(O)c(CNc2cc([N+](=O)[O-])c(C)cc2C)c1. The van der Waals surface area contributed by atoms with Crippen LogP contribution < -0.4 is 5.32 Å². The van der Waals surface area contributed by atoms with Crippen molar-refractivity contribution in [2.75, 3.05) is 5.32 Å². The molecule has 5 nitrogen and oxygen atoms in total. The van der Waals surface area contributed by atoms with Crippen LogP contribution in [-0.4, -0.2) is 10.0 Å². The minimum atomic E-state index is -0.385. The van der Waals surface area contributed by atoms with Crippen molar-refractivity contribution in [2.45, 2.75) is 27.3 Å². The Kier molecular flexibility index (Phi) is 4.12. The van der Waals surface area contributed by atoms with Gasteiger partial charge in [-0.05, 0) is 38.5 Å². The van der Waals surface area contributed by atoms with Crippen LogP contribution in [0.1, 0.15) is 22.3 Å². The molecule has 2 rings (SSSR count). The number of nitrogens with one attached hydrogen (secondary N) is 1. The number of nitro benzene ring substituents is 1. The first-order valence-corrected chi connectivity index (χ1v) is 6.66. The number of phenols is 1. The highest BCUT2D eigenvalue weighted by atomic mass is 16.6. The van der Waals surface area contributed by atoms with Crippen molar-refractivity contribution in [3.05, 3.63) is 62.7 Å². The lowest BCUT2D eigenvalue weighted by Gasteiger charge is -2.12. The van der Waals surface area contributed by atoms with Crippen molar-refractivity contribution in [1.29, 1.82) is 0 Å². The van der Waals surface area contributed by atoms with Crippen molar-refractivity contribution < 1.29 is 10.0 Å². The topological polar surface area (TPSA) is 75.4 Å². The van der Waals surface area contributed by atoms with Gasteiger partial charge in [0, 0.05) is 29.4 Å². The van der Waals surface area contributed by atoms with Gasteiger partial charge in [-0.2, -0.15) is 0 Å². The predicted octanol–water partition coefficient (Wildman–Crippen LogP) is 3.84. The first-order valence-electron chi connectivity index (χ1n) is 6.66. The zero-order valence-electron chi connectivity index (χ0n) is 12.3. The molecule has 2 aromatic rings. The summed E-state index contributed by atoms with van der Waals surface area (Å²) in [5.41, 5.74) is 4.19. The minimum Gasteiger partial charge on any atom is -0.508 e. The second kappa shape index (κ2) is 5.83. The molecule has 0 amide bonds. The smallest absolute Gasteiger partial charge is 0.274 e. The normalized spacial score (nSPS) is 10.4. The molecular formula is C16H18N2O3. The molecule has 5 heteroatoms. The van der Waals surface area contributed by atoms with Crippen LogP contribution in [-0.2, 0) is 6.54 Å². The fourth-order valence-electron chi connectivity index (χ4n) is 2.27. The maximum absolute atomic E-state index is 11.0. The van der Waals surface area contributed by atoms with Gasteiger partial charge in [0.2, 0.25) is 0 Å². The summed E-state index contributed by atoms with van der Waals surface area (Å²) in [7, 11) is 0. The van der Waals surface area contributed by atoms with Gasteiger partial charge >= 0.3 is 0 Å². The van der Waals surface area contributed by atoms with Crippen molar-refractivity contribution in [3.8, 4) is 5.75 Å². The Hall–Kier alpha value is -2.56.